The van der Waals surface area contributed by atoms with Crippen molar-refractivity contribution in [1.29, 1.82) is 0 Å². The summed E-state index contributed by atoms with van der Waals surface area (Å²) in [5.74, 6) is -0.491. The first-order valence-electron chi connectivity index (χ1n) is 5.00. The molecule has 92 valence electrons. The van der Waals surface area contributed by atoms with Gasteiger partial charge in [-0.2, -0.15) is 0 Å². The number of carbonyl (C=O) groups excluding carboxylic acids is 3. The van der Waals surface area contributed by atoms with Crippen molar-refractivity contribution in [2.45, 2.75) is 6.92 Å². The average Bonchev–Trinajstić information content (AvgIpc) is 2.16. The first-order valence-corrected chi connectivity index (χ1v) is 5.00. The van der Waals surface area contributed by atoms with E-state index in [0.717, 1.165) is 0 Å². The Morgan fingerprint density at radius 2 is 1.50 bits per heavy atom. The number of Topliss-reactive ketones (excluding diaryl/α,β-unsaturated/α-hetero) is 1. The molecular weight excluding hydrogens is 210 g/mol. The van der Waals surface area contributed by atoms with Crippen molar-refractivity contribution in [3.8, 4) is 0 Å². The summed E-state index contributed by atoms with van der Waals surface area (Å²) in [5, 5.41) is 2.71. The van der Waals surface area contributed by atoms with Gasteiger partial charge in [-0.25, -0.2) is 0 Å². The first kappa shape index (κ1) is 14.6. The molecule has 0 bridgehead atoms. The molecule has 0 fully saturated rings. The quantitative estimate of drug-likeness (QED) is 0.615. The van der Waals surface area contributed by atoms with E-state index in [-0.39, 0.29) is 37.2 Å². The third-order valence-corrected chi connectivity index (χ3v) is 2.01. The van der Waals surface area contributed by atoms with E-state index in [0.29, 0.717) is 0 Å². The maximum absolute atomic E-state index is 11.6. The predicted octanol–water partition coefficient (Wildman–Crippen LogP) is -1.29. The van der Waals surface area contributed by atoms with Crippen LogP contribution in [-0.4, -0.2) is 68.2 Å². The minimum absolute atomic E-state index is 0.00963. The number of amides is 2. The van der Waals surface area contributed by atoms with Crippen LogP contribution >= 0.6 is 0 Å². The molecule has 0 saturated carbocycles. The van der Waals surface area contributed by atoms with Crippen molar-refractivity contribution in [2.75, 3.05) is 40.8 Å². The highest BCUT2D eigenvalue weighted by Gasteiger charge is 2.15. The number of rotatable bonds is 6. The van der Waals surface area contributed by atoms with Crippen molar-refractivity contribution in [2.24, 2.45) is 0 Å². The average molecular weight is 229 g/mol. The van der Waals surface area contributed by atoms with Gasteiger partial charge in [0.2, 0.25) is 11.8 Å². The SMILES string of the molecule is CNCC(=O)N(C)CC(=O)N(C)CC(C)=O. The van der Waals surface area contributed by atoms with Gasteiger partial charge in [0.15, 0.2) is 0 Å². The summed E-state index contributed by atoms with van der Waals surface area (Å²) >= 11 is 0. The van der Waals surface area contributed by atoms with Crippen LogP contribution in [0.5, 0.6) is 0 Å². The van der Waals surface area contributed by atoms with E-state index in [1.165, 1.54) is 16.7 Å². The lowest BCUT2D eigenvalue weighted by Gasteiger charge is -2.21. The van der Waals surface area contributed by atoms with Crippen molar-refractivity contribution in [1.82, 2.24) is 15.1 Å². The Labute approximate surface area is 95.6 Å². The normalized spacial score (nSPS) is 9.75. The van der Waals surface area contributed by atoms with Crippen LogP contribution in [0.2, 0.25) is 0 Å². The van der Waals surface area contributed by atoms with Gasteiger partial charge in [-0.1, -0.05) is 0 Å². The Kier molecular flexibility index (Phi) is 6.32. The number of carbonyl (C=O) groups is 3. The van der Waals surface area contributed by atoms with Gasteiger partial charge in [-0.05, 0) is 14.0 Å². The second kappa shape index (κ2) is 6.95. The summed E-state index contributed by atoms with van der Waals surface area (Å²) in [6.45, 7) is 1.68. The highest BCUT2D eigenvalue weighted by molar-refractivity contribution is 5.88. The van der Waals surface area contributed by atoms with Gasteiger partial charge in [0.25, 0.3) is 0 Å². The van der Waals surface area contributed by atoms with Crippen molar-refractivity contribution >= 4 is 17.6 Å². The number of ketones is 1. The molecule has 6 heteroatoms. The summed E-state index contributed by atoms with van der Waals surface area (Å²) in [6.07, 6.45) is 0. The van der Waals surface area contributed by atoms with E-state index in [1.807, 2.05) is 0 Å². The molecule has 0 aromatic rings. The Morgan fingerprint density at radius 1 is 1.00 bits per heavy atom. The second-order valence-electron chi connectivity index (χ2n) is 3.73. The third-order valence-electron chi connectivity index (χ3n) is 2.01. The third kappa shape index (κ3) is 5.45. The Bertz CT molecular complexity index is 278. The zero-order chi connectivity index (χ0) is 12.7. The highest BCUT2D eigenvalue weighted by atomic mass is 16.2. The summed E-state index contributed by atoms with van der Waals surface area (Å²) in [5.41, 5.74) is 0. The monoisotopic (exact) mass is 229 g/mol. The lowest BCUT2D eigenvalue weighted by molar-refractivity contribution is -0.139. The van der Waals surface area contributed by atoms with Crippen LogP contribution in [-0.2, 0) is 14.4 Å². The minimum Gasteiger partial charge on any atom is -0.337 e. The van der Waals surface area contributed by atoms with E-state index in [2.05, 4.69) is 5.32 Å². The summed E-state index contributed by atoms with van der Waals surface area (Å²) < 4.78 is 0. The highest BCUT2D eigenvalue weighted by Crippen LogP contribution is 1.90. The van der Waals surface area contributed by atoms with Crippen LogP contribution in [0.25, 0.3) is 0 Å². The smallest absolute Gasteiger partial charge is 0.242 e. The van der Waals surface area contributed by atoms with Crippen LogP contribution in [0.3, 0.4) is 0 Å². The number of hydrogen-bond acceptors (Lipinski definition) is 4. The Balaban J connectivity index is 4.12. The Morgan fingerprint density at radius 3 is 1.94 bits per heavy atom. The molecule has 0 unspecified atom stereocenters. The fourth-order valence-electron chi connectivity index (χ4n) is 1.12. The molecule has 0 aromatic carbocycles. The second-order valence-corrected chi connectivity index (χ2v) is 3.73. The molecule has 0 atom stereocenters. The van der Waals surface area contributed by atoms with Crippen LogP contribution in [0.1, 0.15) is 6.92 Å². The van der Waals surface area contributed by atoms with Crippen molar-refractivity contribution < 1.29 is 14.4 Å². The molecule has 16 heavy (non-hydrogen) atoms. The number of likely N-dealkylation sites (N-methyl/N-ethyl adjacent to an activating group) is 3. The number of hydrogen-bond donors (Lipinski definition) is 1. The number of nitrogens with one attached hydrogen (secondary N) is 1. The lowest BCUT2D eigenvalue weighted by Crippen LogP contribution is -2.43. The van der Waals surface area contributed by atoms with Gasteiger partial charge in [0, 0.05) is 14.1 Å². The molecule has 1 N–H and O–H groups in total. The largest absolute Gasteiger partial charge is 0.337 e. The molecular formula is C10H19N3O3. The van der Waals surface area contributed by atoms with Gasteiger partial charge in [0.05, 0.1) is 19.6 Å². The molecule has 0 aliphatic carbocycles. The van der Waals surface area contributed by atoms with Crippen molar-refractivity contribution in [3.05, 3.63) is 0 Å². The van der Waals surface area contributed by atoms with Gasteiger partial charge in [-0.3, -0.25) is 14.4 Å². The van der Waals surface area contributed by atoms with E-state index >= 15 is 0 Å². The molecule has 0 spiro atoms. The van der Waals surface area contributed by atoms with Gasteiger partial charge in [-0.15, -0.1) is 0 Å². The van der Waals surface area contributed by atoms with E-state index < -0.39 is 0 Å². The van der Waals surface area contributed by atoms with Gasteiger partial charge >= 0.3 is 0 Å². The first-order chi connectivity index (χ1) is 7.38. The van der Waals surface area contributed by atoms with Gasteiger partial charge in [0.1, 0.15) is 5.78 Å². The Hall–Kier alpha value is -1.43. The molecule has 0 aliphatic rings. The van der Waals surface area contributed by atoms with Crippen LogP contribution < -0.4 is 5.32 Å². The lowest BCUT2D eigenvalue weighted by atomic mass is 10.4. The molecule has 0 rings (SSSR count). The maximum atomic E-state index is 11.6. The van der Waals surface area contributed by atoms with Crippen LogP contribution in [0, 0.1) is 0 Å². The molecule has 0 saturated heterocycles. The predicted molar refractivity (Wildman–Crippen MR) is 59.9 cm³/mol. The summed E-state index contributed by atoms with van der Waals surface area (Å²) in [4.78, 5) is 36.3. The standard InChI is InChI=1S/C10H19N3O3/c1-8(14)6-12(3)10(16)7-13(4)9(15)5-11-2/h11H,5-7H2,1-4H3. The topological polar surface area (TPSA) is 69.7 Å². The molecule has 0 heterocycles. The fraction of sp³-hybridized carbons (Fsp3) is 0.700. The van der Waals surface area contributed by atoms with E-state index in [1.54, 1.807) is 21.1 Å². The zero-order valence-corrected chi connectivity index (χ0v) is 10.2. The molecule has 0 aliphatic heterocycles. The summed E-state index contributed by atoms with van der Waals surface area (Å²) in [6, 6.07) is 0. The molecule has 6 nitrogen and oxygen atoms in total. The molecule has 2 amide bonds. The molecule has 0 aromatic heterocycles. The molecule has 0 radical (unpaired) electrons. The van der Waals surface area contributed by atoms with Crippen LogP contribution in [0.4, 0.5) is 0 Å². The summed E-state index contributed by atoms with van der Waals surface area (Å²) in [7, 11) is 4.76. The van der Waals surface area contributed by atoms with E-state index in [9.17, 15) is 14.4 Å². The van der Waals surface area contributed by atoms with Crippen molar-refractivity contribution in [3.63, 3.8) is 0 Å². The minimum atomic E-state index is -0.248. The van der Waals surface area contributed by atoms with E-state index in [4.69, 9.17) is 0 Å². The van der Waals surface area contributed by atoms with Gasteiger partial charge < -0.3 is 15.1 Å². The van der Waals surface area contributed by atoms with Crippen LogP contribution in [0.15, 0.2) is 0 Å². The fourth-order valence-corrected chi connectivity index (χ4v) is 1.12. The number of nitrogens with zero attached hydrogens (tertiary/aromatic N) is 2. The maximum Gasteiger partial charge on any atom is 0.242 e. The zero-order valence-electron chi connectivity index (χ0n) is 10.2.